The molecular weight excluding hydrogens is 438 g/mol. The molecule has 2 aromatic rings. The van der Waals surface area contributed by atoms with Crippen LogP contribution < -0.4 is 14.4 Å². The molecule has 1 saturated heterocycles. The van der Waals surface area contributed by atoms with Crippen molar-refractivity contribution >= 4 is 21.6 Å². The second kappa shape index (κ2) is 11.5. The van der Waals surface area contributed by atoms with Crippen molar-refractivity contribution in [1.29, 1.82) is 0 Å². The molecule has 0 aliphatic carbocycles. The lowest BCUT2D eigenvalue weighted by atomic mass is 9.99. The summed E-state index contributed by atoms with van der Waals surface area (Å²) in [5, 5.41) is 2.89. The van der Waals surface area contributed by atoms with Crippen molar-refractivity contribution in [2.45, 2.75) is 38.0 Å². The monoisotopic (exact) mass is 473 g/mol. The number of ether oxygens (including phenoxy) is 1. The molecule has 8 heteroatoms. The van der Waals surface area contributed by atoms with E-state index in [1.54, 1.807) is 48.5 Å². The zero-order valence-corrected chi connectivity index (χ0v) is 20.6. The minimum absolute atomic E-state index is 0.131. The van der Waals surface area contributed by atoms with Crippen LogP contribution >= 0.6 is 0 Å². The van der Waals surface area contributed by atoms with Gasteiger partial charge in [-0.15, -0.1) is 0 Å². The average Bonchev–Trinajstić information content (AvgIpc) is 2.81. The van der Waals surface area contributed by atoms with Crippen molar-refractivity contribution in [3.63, 3.8) is 0 Å². The Hall–Kier alpha value is -2.58. The molecule has 180 valence electrons. The molecule has 0 atom stereocenters. The van der Waals surface area contributed by atoms with E-state index in [1.165, 1.54) is 20.0 Å². The fourth-order valence-corrected chi connectivity index (χ4v) is 5.41. The first-order valence-electron chi connectivity index (χ1n) is 11.5. The number of likely N-dealkylation sites (tertiary alicyclic amines) is 1. The van der Waals surface area contributed by atoms with Gasteiger partial charge in [0.2, 0.25) is 5.91 Å². The number of hydrogen-bond donors (Lipinski definition) is 1. The van der Waals surface area contributed by atoms with E-state index in [2.05, 4.69) is 17.1 Å². The van der Waals surface area contributed by atoms with Crippen molar-refractivity contribution in [1.82, 2.24) is 10.2 Å². The van der Waals surface area contributed by atoms with Gasteiger partial charge in [0.25, 0.3) is 10.0 Å². The van der Waals surface area contributed by atoms with Crippen LogP contribution in [0.15, 0.2) is 53.4 Å². The van der Waals surface area contributed by atoms with Gasteiger partial charge in [-0.2, -0.15) is 0 Å². The second-order valence-corrected chi connectivity index (χ2v) is 10.6. The molecule has 1 aliphatic rings. The van der Waals surface area contributed by atoms with Crippen LogP contribution in [0.5, 0.6) is 5.75 Å². The molecule has 1 fully saturated rings. The Morgan fingerprint density at radius 1 is 1.12 bits per heavy atom. The van der Waals surface area contributed by atoms with Gasteiger partial charge in [0.15, 0.2) is 0 Å². The van der Waals surface area contributed by atoms with E-state index in [4.69, 9.17) is 4.74 Å². The zero-order valence-electron chi connectivity index (χ0n) is 19.8. The predicted octanol–water partition coefficient (Wildman–Crippen LogP) is 3.44. The third kappa shape index (κ3) is 6.71. The number of nitrogens with one attached hydrogen (secondary N) is 1. The summed E-state index contributed by atoms with van der Waals surface area (Å²) < 4.78 is 33.5. The maximum Gasteiger partial charge on any atom is 0.264 e. The molecule has 1 amide bonds. The number of benzene rings is 2. The van der Waals surface area contributed by atoms with Gasteiger partial charge in [-0.3, -0.25) is 9.10 Å². The van der Waals surface area contributed by atoms with Crippen LogP contribution in [0.1, 0.15) is 31.7 Å². The first-order valence-corrected chi connectivity index (χ1v) is 13.0. The highest BCUT2D eigenvalue weighted by atomic mass is 32.2. The van der Waals surface area contributed by atoms with Crippen molar-refractivity contribution < 1.29 is 17.9 Å². The van der Waals surface area contributed by atoms with Gasteiger partial charge in [0.05, 0.1) is 17.7 Å². The second-order valence-electron chi connectivity index (χ2n) is 8.72. The third-order valence-corrected chi connectivity index (χ3v) is 7.87. The number of carbonyl (C=O) groups excluding carboxylic acids is 1. The summed E-state index contributed by atoms with van der Waals surface area (Å²) in [7, 11) is -2.48. The quantitative estimate of drug-likeness (QED) is 0.535. The van der Waals surface area contributed by atoms with Crippen LogP contribution in [0.25, 0.3) is 0 Å². The van der Waals surface area contributed by atoms with E-state index in [9.17, 15) is 13.2 Å². The highest BCUT2D eigenvalue weighted by Crippen LogP contribution is 2.32. The van der Waals surface area contributed by atoms with E-state index >= 15 is 0 Å². The number of anilines is 1. The number of sulfonamides is 1. The van der Waals surface area contributed by atoms with Gasteiger partial charge in [-0.1, -0.05) is 36.8 Å². The van der Waals surface area contributed by atoms with E-state index in [0.29, 0.717) is 18.0 Å². The molecule has 2 aromatic carbocycles. The lowest BCUT2D eigenvalue weighted by molar-refractivity contribution is -0.119. The summed E-state index contributed by atoms with van der Waals surface area (Å²) in [5.74, 6) is 0.835. The normalized spacial score (nSPS) is 15.2. The lowest BCUT2D eigenvalue weighted by Crippen LogP contribution is -2.42. The fourth-order valence-electron chi connectivity index (χ4n) is 3.98. The van der Waals surface area contributed by atoms with Gasteiger partial charge < -0.3 is 15.0 Å². The first kappa shape index (κ1) is 25.1. The van der Waals surface area contributed by atoms with Crippen LogP contribution in [0.3, 0.4) is 0 Å². The van der Waals surface area contributed by atoms with Gasteiger partial charge in [-0.05, 0) is 76.0 Å². The number of rotatable bonds is 10. The van der Waals surface area contributed by atoms with Crippen molar-refractivity contribution in [2.75, 3.05) is 44.1 Å². The number of piperidine rings is 1. The molecule has 0 saturated carbocycles. The highest BCUT2D eigenvalue weighted by molar-refractivity contribution is 7.92. The molecule has 3 rings (SSSR count). The topological polar surface area (TPSA) is 79.0 Å². The predicted molar refractivity (Wildman–Crippen MR) is 131 cm³/mol. The SMILES string of the molecule is COc1ccccc1N(CC(=O)NCCCN1CCC(C)CC1)S(=O)(=O)c1ccc(C)cc1. The van der Waals surface area contributed by atoms with Crippen molar-refractivity contribution in [2.24, 2.45) is 5.92 Å². The summed E-state index contributed by atoms with van der Waals surface area (Å²) in [6, 6.07) is 13.4. The van der Waals surface area contributed by atoms with Crippen LogP contribution in [0.2, 0.25) is 0 Å². The number of amides is 1. The lowest BCUT2D eigenvalue weighted by Gasteiger charge is -2.30. The Kier molecular flexibility index (Phi) is 8.74. The maximum absolute atomic E-state index is 13.5. The number of methoxy groups -OCH3 is 1. The fraction of sp³-hybridized carbons (Fsp3) is 0.480. The standard InChI is InChI=1S/C25H35N3O4S/c1-20-9-11-22(12-10-20)33(30,31)28(23-7-4-5-8-24(23)32-3)19-25(29)26-15-6-16-27-17-13-21(2)14-18-27/h4-5,7-12,21H,6,13-19H2,1-3H3,(H,26,29). The van der Waals surface area contributed by atoms with Gasteiger partial charge in [-0.25, -0.2) is 8.42 Å². The summed E-state index contributed by atoms with van der Waals surface area (Å²) in [6.45, 7) is 7.51. The van der Waals surface area contributed by atoms with E-state index in [1.807, 2.05) is 6.92 Å². The number of aryl methyl sites for hydroxylation is 1. The molecule has 0 aromatic heterocycles. The summed E-state index contributed by atoms with van der Waals surface area (Å²) in [6.07, 6.45) is 3.27. The Morgan fingerprint density at radius 2 is 1.79 bits per heavy atom. The molecule has 0 radical (unpaired) electrons. The molecular formula is C25H35N3O4S. The van der Waals surface area contributed by atoms with Gasteiger partial charge >= 0.3 is 0 Å². The minimum Gasteiger partial charge on any atom is -0.495 e. The Balaban J connectivity index is 1.69. The molecule has 1 N–H and O–H groups in total. The molecule has 0 spiro atoms. The molecule has 7 nitrogen and oxygen atoms in total. The van der Waals surface area contributed by atoms with Crippen molar-refractivity contribution in [3.8, 4) is 5.75 Å². The zero-order chi connectivity index (χ0) is 23.8. The first-order chi connectivity index (χ1) is 15.8. The van der Waals surface area contributed by atoms with Crippen LogP contribution in [0.4, 0.5) is 5.69 Å². The van der Waals surface area contributed by atoms with Crippen molar-refractivity contribution in [3.05, 3.63) is 54.1 Å². The molecule has 33 heavy (non-hydrogen) atoms. The van der Waals surface area contributed by atoms with Gasteiger partial charge in [0.1, 0.15) is 12.3 Å². The highest BCUT2D eigenvalue weighted by Gasteiger charge is 2.29. The molecule has 1 aliphatic heterocycles. The Bertz CT molecular complexity index is 1020. The summed E-state index contributed by atoms with van der Waals surface area (Å²) in [5.41, 5.74) is 1.29. The number of hydrogen-bond acceptors (Lipinski definition) is 5. The summed E-state index contributed by atoms with van der Waals surface area (Å²) in [4.78, 5) is 15.3. The average molecular weight is 474 g/mol. The summed E-state index contributed by atoms with van der Waals surface area (Å²) >= 11 is 0. The minimum atomic E-state index is -3.97. The third-order valence-electron chi connectivity index (χ3n) is 6.10. The van der Waals surface area contributed by atoms with E-state index in [-0.39, 0.29) is 17.3 Å². The Labute approximate surface area is 197 Å². The largest absolute Gasteiger partial charge is 0.495 e. The number of carbonyl (C=O) groups is 1. The number of para-hydroxylation sites is 2. The van der Waals surface area contributed by atoms with Crippen LogP contribution in [-0.4, -0.2) is 59.1 Å². The van der Waals surface area contributed by atoms with Crippen LogP contribution in [0, 0.1) is 12.8 Å². The maximum atomic E-state index is 13.5. The molecule has 1 heterocycles. The number of nitrogens with zero attached hydrogens (tertiary/aromatic N) is 2. The Morgan fingerprint density at radius 3 is 2.45 bits per heavy atom. The smallest absolute Gasteiger partial charge is 0.264 e. The van der Waals surface area contributed by atoms with E-state index < -0.39 is 10.0 Å². The molecule has 0 unspecified atom stereocenters. The van der Waals surface area contributed by atoms with Crippen LogP contribution in [-0.2, 0) is 14.8 Å². The molecule has 0 bridgehead atoms. The van der Waals surface area contributed by atoms with E-state index in [0.717, 1.165) is 41.8 Å². The van der Waals surface area contributed by atoms with Gasteiger partial charge in [0, 0.05) is 6.54 Å².